The minimum atomic E-state index is -0.601. The van der Waals surface area contributed by atoms with Crippen LogP contribution in [0.15, 0.2) is 37.9 Å². The van der Waals surface area contributed by atoms with Gasteiger partial charge in [-0.3, -0.25) is 9.78 Å². The first kappa shape index (κ1) is 17.9. The van der Waals surface area contributed by atoms with Gasteiger partial charge in [-0.15, -0.1) is 0 Å². The number of benzene rings is 2. The minimum absolute atomic E-state index is 0.266. The number of oxazole rings is 1. The standard InChI is InChI=1S/C17H15BrN2O6/c1-23-11-7-8(12(18)15(25-3)14(11)24-2)16(21)19-9-5-4-6-10-13(9)20-17(22)26-10/h4-7H,1-3H3,(H,19,21)(H,20,22). The van der Waals surface area contributed by atoms with E-state index in [0.717, 1.165) is 0 Å². The van der Waals surface area contributed by atoms with Crippen molar-refractivity contribution in [3.05, 3.63) is 44.9 Å². The highest BCUT2D eigenvalue weighted by Gasteiger charge is 2.23. The summed E-state index contributed by atoms with van der Waals surface area (Å²) < 4.78 is 21.3. The monoisotopic (exact) mass is 422 g/mol. The van der Waals surface area contributed by atoms with E-state index in [0.29, 0.717) is 38.5 Å². The van der Waals surface area contributed by atoms with Gasteiger partial charge in [0.05, 0.1) is 37.1 Å². The fourth-order valence-corrected chi connectivity index (χ4v) is 3.19. The SMILES string of the molecule is COc1cc(C(=O)Nc2cccc3oc(=O)[nH]c23)c(Br)c(OC)c1OC. The van der Waals surface area contributed by atoms with Crippen LogP contribution in [0.3, 0.4) is 0 Å². The molecule has 8 nitrogen and oxygen atoms in total. The van der Waals surface area contributed by atoms with E-state index < -0.39 is 11.7 Å². The Balaban J connectivity index is 2.06. The molecule has 0 saturated carbocycles. The van der Waals surface area contributed by atoms with Crippen molar-refractivity contribution >= 4 is 38.6 Å². The Morgan fingerprint density at radius 1 is 1.15 bits per heavy atom. The minimum Gasteiger partial charge on any atom is -0.493 e. The number of para-hydroxylation sites is 1. The van der Waals surface area contributed by atoms with Gasteiger partial charge in [0.25, 0.3) is 5.91 Å². The summed E-state index contributed by atoms with van der Waals surface area (Å²) in [6.45, 7) is 0. The van der Waals surface area contributed by atoms with Crippen molar-refractivity contribution in [2.75, 3.05) is 26.6 Å². The highest BCUT2D eigenvalue weighted by Crippen LogP contribution is 2.44. The number of halogens is 1. The van der Waals surface area contributed by atoms with Crippen molar-refractivity contribution in [3.63, 3.8) is 0 Å². The molecule has 0 unspecified atom stereocenters. The lowest BCUT2D eigenvalue weighted by molar-refractivity contribution is 0.102. The lowest BCUT2D eigenvalue weighted by atomic mass is 10.1. The molecule has 3 rings (SSSR count). The van der Waals surface area contributed by atoms with Crippen molar-refractivity contribution in [3.8, 4) is 17.2 Å². The number of rotatable bonds is 5. The van der Waals surface area contributed by atoms with Gasteiger partial charge in [0, 0.05) is 0 Å². The summed E-state index contributed by atoms with van der Waals surface area (Å²) in [7, 11) is 4.40. The van der Waals surface area contributed by atoms with Crippen LogP contribution < -0.4 is 25.3 Å². The maximum Gasteiger partial charge on any atom is 0.417 e. The maximum atomic E-state index is 12.8. The van der Waals surface area contributed by atoms with E-state index in [4.69, 9.17) is 18.6 Å². The number of fused-ring (bicyclic) bond motifs is 1. The topological polar surface area (TPSA) is 103 Å². The third-order valence-corrected chi connectivity index (χ3v) is 4.51. The van der Waals surface area contributed by atoms with Crippen LogP contribution in [-0.2, 0) is 0 Å². The van der Waals surface area contributed by atoms with E-state index in [1.807, 2.05) is 0 Å². The van der Waals surface area contributed by atoms with E-state index in [1.165, 1.54) is 27.4 Å². The van der Waals surface area contributed by atoms with Gasteiger partial charge in [-0.1, -0.05) is 6.07 Å². The summed E-state index contributed by atoms with van der Waals surface area (Å²) in [6, 6.07) is 6.47. The summed E-state index contributed by atoms with van der Waals surface area (Å²) in [4.78, 5) is 26.7. The van der Waals surface area contributed by atoms with Crippen molar-refractivity contribution in [1.82, 2.24) is 4.98 Å². The van der Waals surface area contributed by atoms with Gasteiger partial charge in [0.15, 0.2) is 17.1 Å². The Hall–Kier alpha value is -2.94. The first-order chi connectivity index (χ1) is 12.5. The second-order valence-corrected chi connectivity index (χ2v) is 5.95. The fourth-order valence-electron chi connectivity index (χ4n) is 2.55. The zero-order valence-electron chi connectivity index (χ0n) is 14.1. The normalized spacial score (nSPS) is 10.6. The predicted octanol–water partition coefficient (Wildman–Crippen LogP) is 3.16. The number of aromatic amines is 1. The van der Waals surface area contributed by atoms with Crippen LogP contribution in [0.2, 0.25) is 0 Å². The molecule has 0 atom stereocenters. The third kappa shape index (κ3) is 3.01. The molecular formula is C17H15BrN2O6. The average Bonchev–Trinajstić information content (AvgIpc) is 3.02. The van der Waals surface area contributed by atoms with Gasteiger partial charge in [-0.05, 0) is 34.1 Å². The number of anilines is 1. The van der Waals surface area contributed by atoms with Crippen LogP contribution in [0.4, 0.5) is 5.69 Å². The summed E-state index contributed by atoms with van der Waals surface area (Å²) in [5.41, 5.74) is 1.41. The zero-order valence-corrected chi connectivity index (χ0v) is 15.7. The molecule has 0 aliphatic heterocycles. The highest BCUT2D eigenvalue weighted by molar-refractivity contribution is 9.10. The number of carbonyl (C=O) groups excluding carboxylic acids is 1. The second kappa shape index (κ2) is 7.12. The number of carbonyl (C=O) groups is 1. The molecule has 136 valence electrons. The van der Waals surface area contributed by atoms with E-state index in [2.05, 4.69) is 26.2 Å². The molecule has 0 fully saturated rings. The first-order valence-corrected chi connectivity index (χ1v) is 8.21. The highest BCUT2D eigenvalue weighted by atomic mass is 79.9. The van der Waals surface area contributed by atoms with Gasteiger partial charge in [-0.25, -0.2) is 4.79 Å². The van der Waals surface area contributed by atoms with Gasteiger partial charge in [-0.2, -0.15) is 0 Å². The molecule has 1 amide bonds. The van der Waals surface area contributed by atoms with Crippen LogP contribution in [0, 0.1) is 0 Å². The predicted molar refractivity (Wildman–Crippen MR) is 98.6 cm³/mol. The first-order valence-electron chi connectivity index (χ1n) is 7.41. The Kier molecular flexibility index (Phi) is 4.90. The lowest BCUT2D eigenvalue weighted by Gasteiger charge is -2.16. The van der Waals surface area contributed by atoms with E-state index in [9.17, 15) is 9.59 Å². The number of methoxy groups -OCH3 is 3. The molecule has 0 bridgehead atoms. The summed E-state index contributed by atoms with van der Waals surface area (Å²) in [5.74, 6) is -0.0133. The van der Waals surface area contributed by atoms with Crippen LogP contribution >= 0.6 is 15.9 Å². The molecule has 1 aromatic heterocycles. The molecule has 2 aromatic carbocycles. The van der Waals surface area contributed by atoms with Gasteiger partial charge >= 0.3 is 5.76 Å². The van der Waals surface area contributed by atoms with E-state index in [-0.39, 0.29) is 5.56 Å². The zero-order chi connectivity index (χ0) is 18.8. The Labute approximate surface area is 156 Å². The summed E-state index contributed by atoms with van der Waals surface area (Å²) in [6.07, 6.45) is 0. The molecule has 0 aliphatic carbocycles. The van der Waals surface area contributed by atoms with E-state index in [1.54, 1.807) is 18.2 Å². The van der Waals surface area contributed by atoms with Crippen LogP contribution in [0.1, 0.15) is 10.4 Å². The Morgan fingerprint density at radius 3 is 2.54 bits per heavy atom. The molecule has 9 heteroatoms. The second-order valence-electron chi connectivity index (χ2n) is 5.15. The maximum absolute atomic E-state index is 12.8. The fraction of sp³-hybridized carbons (Fsp3) is 0.176. The molecule has 0 saturated heterocycles. The largest absolute Gasteiger partial charge is 0.493 e. The van der Waals surface area contributed by atoms with Crippen LogP contribution in [0.5, 0.6) is 17.2 Å². The van der Waals surface area contributed by atoms with Gasteiger partial charge in [0.2, 0.25) is 5.75 Å². The number of hydrogen-bond donors (Lipinski definition) is 2. The molecule has 0 aliphatic rings. The quantitative estimate of drug-likeness (QED) is 0.654. The molecule has 0 radical (unpaired) electrons. The number of amides is 1. The Morgan fingerprint density at radius 2 is 1.88 bits per heavy atom. The lowest BCUT2D eigenvalue weighted by Crippen LogP contribution is -2.14. The summed E-state index contributed by atoms with van der Waals surface area (Å²) in [5, 5.41) is 2.74. The number of hydrogen-bond acceptors (Lipinski definition) is 6. The van der Waals surface area contributed by atoms with Crippen LogP contribution in [-0.4, -0.2) is 32.2 Å². The number of H-pyrrole nitrogens is 1. The molecule has 26 heavy (non-hydrogen) atoms. The van der Waals surface area contributed by atoms with Gasteiger partial charge < -0.3 is 23.9 Å². The number of ether oxygens (including phenoxy) is 3. The van der Waals surface area contributed by atoms with Crippen molar-refractivity contribution in [1.29, 1.82) is 0 Å². The third-order valence-electron chi connectivity index (χ3n) is 3.72. The van der Waals surface area contributed by atoms with Gasteiger partial charge in [0.1, 0.15) is 5.52 Å². The molecule has 0 spiro atoms. The number of nitrogens with one attached hydrogen (secondary N) is 2. The van der Waals surface area contributed by atoms with Crippen molar-refractivity contribution in [2.24, 2.45) is 0 Å². The van der Waals surface area contributed by atoms with E-state index >= 15 is 0 Å². The molecule has 2 N–H and O–H groups in total. The Bertz CT molecular complexity index is 1040. The summed E-state index contributed by atoms with van der Waals surface area (Å²) >= 11 is 3.37. The van der Waals surface area contributed by atoms with Crippen molar-refractivity contribution in [2.45, 2.75) is 0 Å². The molecule has 3 aromatic rings. The smallest absolute Gasteiger partial charge is 0.417 e. The molecule has 1 heterocycles. The van der Waals surface area contributed by atoms with Crippen molar-refractivity contribution < 1.29 is 23.4 Å². The molecular weight excluding hydrogens is 408 g/mol. The van der Waals surface area contributed by atoms with Crippen LogP contribution in [0.25, 0.3) is 11.1 Å². The number of aromatic nitrogens is 1. The average molecular weight is 423 g/mol.